The van der Waals surface area contributed by atoms with Crippen LogP contribution in [-0.2, 0) is 4.79 Å². The average molecular weight is 475 g/mol. The zero-order valence-corrected chi connectivity index (χ0v) is 19.5. The van der Waals surface area contributed by atoms with Gasteiger partial charge in [-0.2, -0.15) is 0 Å². The molecule has 0 aromatic heterocycles. The average Bonchev–Trinajstić information content (AvgIpc) is 3.53. The second-order valence-electron chi connectivity index (χ2n) is 8.63. The molecule has 8 heteroatoms. The third-order valence-corrected chi connectivity index (χ3v) is 6.75. The molecule has 2 aliphatic rings. The minimum absolute atomic E-state index is 0.132. The summed E-state index contributed by atoms with van der Waals surface area (Å²) in [6, 6.07) is 21.0. The Labute approximate surface area is 203 Å². The molecule has 2 amide bonds. The normalized spacial score (nSPS) is 20.5. The van der Waals surface area contributed by atoms with Gasteiger partial charge >= 0.3 is 12.0 Å². The fourth-order valence-corrected chi connectivity index (χ4v) is 4.96. The molecule has 3 aromatic rings. The van der Waals surface area contributed by atoms with Gasteiger partial charge in [-0.3, -0.25) is 9.69 Å². The Balaban J connectivity index is 1.57. The molecule has 0 saturated carbocycles. The summed E-state index contributed by atoms with van der Waals surface area (Å²) in [5.41, 5.74) is 2.25. The topological polar surface area (TPSA) is 88.5 Å². The molecule has 2 aliphatic heterocycles. The number of fused-ring (bicyclic) bond motifs is 1. The van der Waals surface area contributed by atoms with Crippen LogP contribution in [0.1, 0.15) is 23.1 Å². The molecule has 2 heterocycles. The Bertz CT molecular complexity index is 1230. The third kappa shape index (κ3) is 4.12. The first-order valence-electron chi connectivity index (χ1n) is 11.3. The Morgan fingerprint density at radius 2 is 1.66 bits per heavy atom. The molecule has 180 valence electrons. The van der Waals surface area contributed by atoms with E-state index in [0.29, 0.717) is 17.2 Å². The minimum atomic E-state index is -0.967. The van der Waals surface area contributed by atoms with Gasteiger partial charge in [-0.25, -0.2) is 4.79 Å². The van der Waals surface area contributed by atoms with Crippen LogP contribution in [0.3, 0.4) is 0 Å². The van der Waals surface area contributed by atoms with Gasteiger partial charge in [0, 0.05) is 25.2 Å². The predicted octanol–water partition coefficient (Wildman–Crippen LogP) is 4.52. The molecular formula is C27H26N2O6. The number of methoxy groups -OCH3 is 1. The van der Waals surface area contributed by atoms with Gasteiger partial charge in [-0.15, -0.1) is 0 Å². The second-order valence-corrected chi connectivity index (χ2v) is 8.63. The van der Waals surface area contributed by atoms with Crippen LogP contribution in [-0.4, -0.2) is 49.5 Å². The van der Waals surface area contributed by atoms with Crippen LogP contribution in [0.4, 0.5) is 10.5 Å². The number of ether oxygens (including phenoxy) is 3. The summed E-state index contributed by atoms with van der Waals surface area (Å²) in [5, 5.41) is 10.4. The highest BCUT2D eigenvalue weighted by Crippen LogP contribution is 2.48. The van der Waals surface area contributed by atoms with E-state index < -0.39 is 23.8 Å². The summed E-state index contributed by atoms with van der Waals surface area (Å²) < 4.78 is 16.2. The first-order chi connectivity index (χ1) is 17.0. The first kappa shape index (κ1) is 22.6. The van der Waals surface area contributed by atoms with E-state index in [9.17, 15) is 14.7 Å². The van der Waals surface area contributed by atoms with Gasteiger partial charge in [0.25, 0.3) is 0 Å². The smallest absolute Gasteiger partial charge is 0.324 e. The van der Waals surface area contributed by atoms with Gasteiger partial charge in [0.05, 0.1) is 19.1 Å². The van der Waals surface area contributed by atoms with E-state index >= 15 is 0 Å². The Hall–Kier alpha value is -4.20. The molecule has 0 unspecified atom stereocenters. The maximum atomic E-state index is 13.8. The maximum absolute atomic E-state index is 13.8. The van der Waals surface area contributed by atoms with Crippen LogP contribution in [0.15, 0.2) is 72.8 Å². The van der Waals surface area contributed by atoms with E-state index in [0.717, 1.165) is 16.8 Å². The molecule has 1 N–H and O–H groups in total. The van der Waals surface area contributed by atoms with Crippen molar-refractivity contribution >= 4 is 17.7 Å². The summed E-state index contributed by atoms with van der Waals surface area (Å²) in [5.74, 6) is -0.406. The number of amides is 2. The number of anilines is 1. The molecule has 1 saturated heterocycles. The summed E-state index contributed by atoms with van der Waals surface area (Å²) in [4.78, 5) is 29.7. The molecule has 1 fully saturated rings. The highest BCUT2D eigenvalue weighted by molar-refractivity contribution is 5.93. The van der Waals surface area contributed by atoms with Crippen LogP contribution in [0, 0.1) is 5.92 Å². The molecule has 5 rings (SSSR count). The number of urea groups is 1. The number of hydrogen-bond donors (Lipinski definition) is 1. The lowest BCUT2D eigenvalue weighted by Gasteiger charge is -2.31. The van der Waals surface area contributed by atoms with Crippen molar-refractivity contribution in [3.63, 3.8) is 0 Å². The van der Waals surface area contributed by atoms with E-state index in [-0.39, 0.29) is 19.4 Å². The zero-order chi connectivity index (χ0) is 24.5. The molecule has 8 nitrogen and oxygen atoms in total. The number of carboxylic acid groups (broad SMARTS) is 1. The van der Waals surface area contributed by atoms with Gasteiger partial charge < -0.3 is 24.2 Å². The molecule has 0 radical (unpaired) electrons. The van der Waals surface area contributed by atoms with Crippen molar-refractivity contribution in [2.24, 2.45) is 5.92 Å². The number of hydrogen-bond acceptors (Lipinski definition) is 5. The quantitative estimate of drug-likeness (QED) is 0.585. The van der Waals surface area contributed by atoms with E-state index in [2.05, 4.69) is 0 Å². The van der Waals surface area contributed by atoms with Crippen molar-refractivity contribution < 1.29 is 28.9 Å². The number of carbonyl (C=O) groups excluding carboxylic acids is 1. The first-order valence-corrected chi connectivity index (χ1v) is 11.3. The summed E-state index contributed by atoms with van der Waals surface area (Å²) in [6.07, 6.45) is 0. The number of nitrogens with zero attached hydrogens (tertiary/aromatic N) is 2. The Kier molecular flexibility index (Phi) is 5.94. The fraction of sp³-hybridized carbons (Fsp3) is 0.259. The van der Waals surface area contributed by atoms with E-state index in [1.807, 2.05) is 54.6 Å². The lowest BCUT2D eigenvalue weighted by molar-refractivity contribution is -0.142. The van der Waals surface area contributed by atoms with E-state index in [1.165, 1.54) is 0 Å². The summed E-state index contributed by atoms with van der Waals surface area (Å²) in [6.45, 7) is 0.371. The van der Waals surface area contributed by atoms with Crippen molar-refractivity contribution in [3.05, 3.63) is 83.9 Å². The van der Waals surface area contributed by atoms with Crippen molar-refractivity contribution in [2.45, 2.75) is 12.0 Å². The SMILES string of the molecule is COc1ccc([C@@H]2[C@@H](C(=O)O)[C@@H](c3ccc4c(c3)OCO4)CN2C(=O)N(C)c2ccccc2)cc1. The molecule has 3 atom stereocenters. The fourth-order valence-electron chi connectivity index (χ4n) is 4.96. The monoisotopic (exact) mass is 474 g/mol. The molecule has 3 aromatic carbocycles. The standard InChI is InChI=1S/C27H26N2O6/c1-28(19-6-4-3-5-7-19)27(32)29-15-21(18-10-13-22-23(14-18)35-16-34-22)24(26(30)31)25(29)17-8-11-20(33-2)12-9-17/h3-14,21,24-25H,15-16H2,1-2H3,(H,30,31)/t21-,24+,25-/m1/s1. The summed E-state index contributed by atoms with van der Waals surface area (Å²) >= 11 is 0. The number of para-hydroxylation sites is 1. The molecule has 35 heavy (non-hydrogen) atoms. The second kappa shape index (κ2) is 9.21. The molecule has 0 spiro atoms. The van der Waals surface area contributed by atoms with Gasteiger partial charge in [-0.1, -0.05) is 36.4 Å². The Morgan fingerprint density at radius 1 is 0.971 bits per heavy atom. The van der Waals surface area contributed by atoms with Crippen LogP contribution in [0.2, 0.25) is 0 Å². The molecule has 0 aliphatic carbocycles. The Morgan fingerprint density at radius 3 is 2.34 bits per heavy atom. The molecule has 0 bridgehead atoms. The number of carboxylic acids is 1. The molecular weight excluding hydrogens is 448 g/mol. The van der Waals surface area contributed by atoms with Crippen molar-refractivity contribution in [3.8, 4) is 17.2 Å². The highest BCUT2D eigenvalue weighted by atomic mass is 16.7. The van der Waals surface area contributed by atoms with Crippen molar-refractivity contribution in [2.75, 3.05) is 32.4 Å². The largest absolute Gasteiger partial charge is 0.497 e. The van der Waals surface area contributed by atoms with Gasteiger partial charge in [-0.05, 0) is 47.5 Å². The zero-order valence-electron chi connectivity index (χ0n) is 19.5. The minimum Gasteiger partial charge on any atom is -0.497 e. The highest BCUT2D eigenvalue weighted by Gasteiger charge is 2.50. The number of aliphatic carboxylic acids is 1. The van der Waals surface area contributed by atoms with Crippen LogP contribution < -0.4 is 19.1 Å². The number of carbonyl (C=O) groups is 2. The van der Waals surface area contributed by atoms with Gasteiger partial charge in [0.15, 0.2) is 11.5 Å². The maximum Gasteiger partial charge on any atom is 0.324 e. The summed E-state index contributed by atoms with van der Waals surface area (Å²) in [7, 11) is 3.28. The van der Waals surface area contributed by atoms with Crippen molar-refractivity contribution in [1.82, 2.24) is 4.90 Å². The van der Waals surface area contributed by atoms with E-state index in [1.54, 1.807) is 42.2 Å². The van der Waals surface area contributed by atoms with Crippen molar-refractivity contribution in [1.29, 1.82) is 0 Å². The number of rotatable bonds is 5. The number of likely N-dealkylation sites (tertiary alicyclic amines) is 1. The van der Waals surface area contributed by atoms with E-state index in [4.69, 9.17) is 14.2 Å². The van der Waals surface area contributed by atoms with Gasteiger partial charge in [0.2, 0.25) is 6.79 Å². The lowest BCUT2D eigenvalue weighted by atomic mass is 9.83. The lowest BCUT2D eigenvalue weighted by Crippen LogP contribution is -2.42. The third-order valence-electron chi connectivity index (χ3n) is 6.75. The number of benzene rings is 3. The van der Waals surface area contributed by atoms with Crippen LogP contribution in [0.5, 0.6) is 17.2 Å². The predicted molar refractivity (Wildman–Crippen MR) is 129 cm³/mol. The van der Waals surface area contributed by atoms with Crippen LogP contribution in [0.25, 0.3) is 0 Å². The van der Waals surface area contributed by atoms with Crippen LogP contribution >= 0.6 is 0 Å². The van der Waals surface area contributed by atoms with Gasteiger partial charge in [0.1, 0.15) is 5.75 Å².